The maximum atomic E-state index is 12.0. The Morgan fingerprint density at radius 3 is 2.58 bits per heavy atom. The second-order valence-electron chi connectivity index (χ2n) is 7.24. The van der Waals surface area contributed by atoms with Gasteiger partial charge in [0.15, 0.2) is 18.1 Å². The number of furan rings is 1. The first-order valence-electron chi connectivity index (χ1n) is 10.5. The standard InChI is InChI=1S/C25H26N2O6/c1-4-17(2)19-8-10-20(11-9-19)32-16-24(28)27-26-15-18-7-12-21(23(14-18)30-3)33-25(29)22-6-5-13-31-22/h5-15,17H,4,16H2,1-3H3,(H,27,28)/b26-15+. The second kappa shape index (κ2) is 11.5. The number of carbonyl (C=O) groups is 2. The lowest BCUT2D eigenvalue weighted by molar-refractivity contribution is -0.123. The summed E-state index contributed by atoms with van der Waals surface area (Å²) in [6, 6.07) is 15.7. The van der Waals surface area contributed by atoms with Crippen LogP contribution in [0.25, 0.3) is 0 Å². The number of hydrogen-bond acceptors (Lipinski definition) is 7. The summed E-state index contributed by atoms with van der Waals surface area (Å²) in [5.41, 5.74) is 4.27. The fraction of sp³-hybridized carbons (Fsp3) is 0.240. The fourth-order valence-corrected chi connectivity index (χ4v) is 2.88. The third-order valence-corrected chi connectivity index (χ3v) is 4.95. The van der Waals surface area contributed by atoms with Crippen LogP contribution in [0, 0.1) is 0 Å². The smallest absolute Gasteiger partial charge is 0.379 e. The molecule has 0 fully saturated rings. The number of methoxy groups -OCH3 is 1. The molecule has 2 aromatic carbocycles. The van der Waals surface area contributed by atoms with Crippen molar-refractivity contribution in [2.75, 3.05) is 13.7 Å². The number of hydrogen-bond donors (Lipinski definition) is 1. The molecule has 172 valence electrons. The highest BCUT2D eigenvalue weighted by Gasteiger charge is 2.15. The Morgan fingerprint density at radius 1 is 1.12 bits per heavy atom. The quantitative estimate of drug-likeness (QED) is 0.211. The van der Waals surface area contributed by atoms with Crippen molar-refractivity contribution in [3.63, 3.8) is 0 Å². The van der Waals surface area contributed by atoms with E-state index < -0.39 is 11.9 Å². The zero-order valence-electron chi connectivity index (χ0n) is 18.7. The van der Waals surface area contributed by atoms with Crippen molar-refractivity contribution in [3.05, 3.63) is 77.7 Å². The van der Waals surface area contributed by atoms with Gasteiger partial charge in [-0.3, -0.25) is 4.79 Å². The Hall–Kier alpha value is -4.07. The molecule has 0 aliphatic heterocycles. The first-order valence-corrected chi connectivity index (χ1v) is 10.5. The molecule has 1 atom stereocenters. The monoisotopic (exact) mass is 450 g/mol. The van der Waals surface area contributed by atoms with Crippen LogP contribution < -0.4 is 19.6 Å². The lowest BCUT2D eigenvalue weighted by Crippen LogP contribution is -2.24. The number of hydrazone groups is 1. The van der Waals surface area contributed by atoms with E-state index in [0.29, 0.717) is 23.0 Å². The number of amides is 1. The van der Waals surface area contributed by atoms with Crippen LogP contribution in [-0.4, -0.2) is 31.8 Å². The van der Waals surface area contributed by atoms with Crippen molar-refractivity contribution in [2.45, 2.75) is 26.2 Å². The Bertz CT molecular complexity index is 1090. The molecule has 0 saturated heterocycles. The van der Waals surface area contributed by atoms with Crippen LogP contribution >= 0.6 is 0 Å². The van der Waals surface area contributed by atoms with E-state index in [1.807, 2.05) is 24.3 Å². The van der Waals surface area contributed by atoms with Gasteiger partial charge < -0.3 is 18.6 Å². The van der Waals surface area contributed by atoms with Crippen LogP contribution in [0.4, 0.5) is 0 Å². The Balaban J connectivity index is 1.50. The molecule has 33 heavy (non-hydrogen) atoms. The summed E-state index contributed by atoms with van der Waals surface area (Å²) < 4.78 is 21.1. The molecule has 0 radical (unpaired) electrons. The average molecular weight is 450 g/mol. The molecule has 3 aromatic rings. The number of benzene rings is 2. The summed E-state index contributed by atoms with van der Waals surface area (Å²) in [7, 11) is 1.45. The van der Waals surface area contributed by atoms with Crippen molar-refractivity contribution in [1.29, 1.82) is 0 Å². The number of carbonyl (C=O) groups excluding carboxylic acids is 2. The van der Waals surface area contributed by atoms with Crippen molar-refractivity contribution >= 4 is 18.1 Å². The molecule has 3 rings (SSSR count). The van der Waals surface area contributed by atoms with Gasteiger partial charge in [-0.05, 0) is 65.9 Å². The highest BCUT2D eigenvalue weighted by Crippen LogP contribution is 2.28. The first-order chi connectivity index (χ1) is 16.0. The van der Waals surface area contributed by atoms with Crippen LogP contribution in [0.15, 0.2) is 70.4 Å². The van der Waals surface area contributed by atoms with Gasteiger partial charge in [0.1, 0.15) is 5.75 Å². The summed E-state index contributed by atoms with van der Waals surface area (Å²) in [5, 5.41) is 3.93. The summed E-state index contributed by atoms with van der Waals surface area (Å²) >= 11 is 0. The van der Waals surface area contributed by atoms with Crippen molar-refractivity contribution < 1.29 is 28.2 Å². The van der Waals surface area contributed by atoms with Gasteiger partial charge in [0.05, 0.1) is 19.6 Å². The summed E-state index contributed by atoms with van der Waals surface area (Å²) in [6.45, 7) is 4.14. The number of nitrogens with one attached hydrogen (secondary N) is 1. The van der Waals surface area contributed by atoms with Crippen LogP contribution in [0.2, 0.25) is 0 Å². The van der Waals surface area contributed by atoms with E-state index in [9.17, 15) is 9.59 Å². The summed E-state index contributed by atoms with van der Waals surface area (Å²) in [5.74, 6) is 0.703. The average Bonchev–Trinajstić information content (AvgIpc) is 3.38. The molecule has 1 aromatic heterocycles. The summed E-state index contributed by atoms with van der Waals surface area (Å²) in [4.78, 5) is 24.0. The van der Waals surface area contributed by atoms with Gasteiger partial charge in [0, 0.05) is 0 Å². The van der Waals surface area contributed by atoms with E-state index in [-0.39, 0.29) is 18.1 Å². The Morgan fingerprint density at radius 2 is 1.91 bits per heavy atom. The minimum absolute atomic E-state index is 0.0825. The van der Waals surface area contributed by atoms with E-state index in [1.54, 1.807) is 24.3 Å². The Labute approximate surface area is 192 Å². The molecule has 0 aliphatic rings. The topological polar surface area (TPSA) is 99.4 Å². The molecule has 0 bridgehead atoms. The van der Waals surface area contributed by atoms with E-state index >= 15 is 0 Å². The van der Waals surface area contributed by atoms with E-state index in [4.69, 9.17) is 18.6 Å². The molecule has 0 spiro atoms. The molecular weight excluding hydrogens is 424 g/mol. The zero-order chi connectivity index (χ0) is 23.6. The van der Waals surface area contributed by atoms with E-state index in [2.05, 4.69) is 24.4 Å². The molecule has 8 nitrogen and oxygen atoms in total. The molecule has 0 saturated carbocycles. The lowest BCUT2D eigenvalue weighted by Gasteiger charge is -2.10. The largest absolute Gasteiger partial charge is 0.493 e. The highest BCUT2D eigenvalue weighted by atomic mass is 16.6. The van der Waals surface area contributed by atoms with Gasteiger partial charge in [-0.15, -0.1) is 0 Å². The number of rotatable bonds is 10. The molecular formula is C25H26N2O6. The fourth-order valence-electron chi connectivity index (χ4n) is 2.88. The van der Waals surface area contributed by atoms with Crippen molar-refractivity contribution in [2.24, 2.45) is 5.10 Å². The minimum atomic E-state index is -0.638. The van der Waals surface area contributed by atoms with Gasteiger partial charge in [-0.25, -0.2) is 10.2 Å². The predicted molar refractivity (Wildman–Crippen MR) is 123 cm³/mol. The van der Waals surface area contributed by atoms with Gasteiger partial charge >= 0.3 is 5.97 Å². The van der Waals surface area contributed by atoms with Crippen LogP contribution in [0.3, 0.4) is 0 Å². The number of ether oxygens (including phenoxy) is 3. The number of esters is 1. The van der Waals surface area contributed by atoms with E-state index in [1.165, 1.54) is 31.2 Å². The third kappa shape index (κ3) is 6.70. The molecule has 1 unspecified atom stereocenters. The molecule has 1 amide bonds. The lowest BCUT2D eigenvalue weighted by atomic mass is 9.99. The van der Waals surface area contributed by atoms with E-state index in [0.717, 1.165) is 6.42 Å². The molecule has 1 N–H and O–H groups in total. The molecule has 8 heteroatoms. The van der Waals surface area contributed by atoms with Crippen LogP contribution in [-0.2, 0) is 4.79 Å². The minimum Gasteiger partial charge on any atom is -0.493 e. The van der Waals surface area contributed by atoms with Gasteiger partial charge in [-0.1, -0.05) is 26.0 Å². The second-order valence-corrected chi connectivity index (χ2v) is 7.24. The van der Waals surface area contributed by atoms with Gasteiger partial charge in [0.25, 0.3) is 5.91 Å². The Kier molecular flexibility index (Phi) is 8.24. The molecule has 1 heterocycles. The zero-order valence-corrected chi connectivity index (χ0v) is 18.7. The van der Waals surface area contributed by atoms with Crippen molar-refractivity contribution in [1.82, 2.24) is 5.43 Å². The SMILES string of the molecule is CCC(C)c1ccc(OCC(=O)N/N=C/c2ccc(OC(=O)c3ccco3)c(OC)c2)cc1. The highest BCUT2D eigenvalue weighted by molar-refractivity contribution is 5.89. The maximum Gasteiger partial charge on any atom is 0.379 e. The van der Waals surface area contributed by atoms with Crippen LogP contribution in [0.1, 0.15) is 47.9 Å². The van der Waals surface area contributed by atoms with Crippen molar-refractivity contribution in [3.8, 4) is 17.2 Å². The van der Waals surface area contributed by atoms with Crippen LogP contribution in [0.5, 0.6) is 17.2 Å². The van der Waals surface area contributed by atoms with Gasteiger partial charge in [-0.2, -0.15) is 5.10 Å². The maximum absolute atomic E-state index is 12.0. The number of nitrogens with zero attached hydrogens (tertiary/aromatic N) is 1. The predicted octanol–water partition coefficient (Wildman–Crippen LogP) is 4.55. The molecule has 0 aliphatic carbocycles. The van der Waals surface area contributed by atoms with Gasteiger partial charge in [0.2, 0.25) is 5.76 Å². The summed E-state index contributed by atoms with van der Waals surface area (Å²) in [6.07, 6.45) is 3.89. The normalized spacial score (nSPS) is 11.7. The first kappa shape index (κ1) is 23.6. The third-order valence-electron chi connectivity index (χ3n) is 4.95.